The molecule has 0 aromatic heterocycles. The smallest absolute Gasteiger partial charge is 0.331 e. The molecule has 0 fully saturated rings. The Labute approximate surface area is 181 Å². The molecule has 0 saturated heterocycles. The van der Waals surface area contributed by atoms with Crippen molar-refractivity contribution in [2.24, 2.45) is 0 Å². The molecule has 7 nitrogen and oxygen atoms in total. The fourth-order valence-electron chi connectivity index (χ4n) is 3.64. The van der Waals surface area contributed by atoms with Crippen LogP contribution in [0.4, 0.5) is 0 Å². The standard InChI is InChI=1S/C24H28N2O5/c1-16(19-12-11-17-7-5-6-10-20(17)13-19)25-22(28)15-31-24(30)21(14-27)26-23(29)18-8-3-2-4-9-18/h2-4,8-9,11-13,16,21,27H,5-7,10,14-15H2,1H3,(H,25,28)(H,26,29). The summed E-state index contributed by atoms with van der Waals surface area (Å²) in [5, 5.41) is 14.7. The highest BCUT2D eigenvalue weighted by Crippen LogP contribution is 2.24. The van der Waals surface area contributed by atoms with Crippen molar-refractivity contribution in [1.82, 2.24) is 10.6 Å². The molecule has 164 valence electrons. The van der Waals surface area contributed by atoms with Crippen LogP contribution >= 0.6 is 0 Å². The third kappa shape index (κ3) is 6.15. The van der Waals surface area contributed by atoms with Gasteiger partial charge in [-0.05, 0) is 61.4 Å². The van der Waals surface area contributed by atoms with Crippen LogP contribution in [0.15, 0.2) is 48.5 Å². The van der Waals surface area contributed by atoms with Gasteiger partial charge in [-0.2, -0.15) is 0 Å². The van der Waals surface area contributed by atoms with Gasteiger partial charge in [0.1, 0.15) is 0 Å². The van der Waals surface area contributed by atoms with E-state index in [4.69, 9.17) is 4.74 Å². The van der Waals surface area contributed by atoms with Gasteiger partial charge < -0.3 is 20.5 Å². The zero-order valence-electron chi connectivity index (χ0n) is 17.6. The first-order chi connectivity index (χ1) is 15.0. The van der Waals surface area contributed by atoms with Gasteiger partial charge in [0, 0.05) is 5.56 Å². The summed E-state index contributed by atoms with van der Waals surface area (Å²) < 4.78 is 5.00. The number of benzene rings is 2. The Morgan fingerprint density at radius 3 is 2.42 bits per heavy atom. The lowest BCUT2D eigenvalue weighted by atomic mass is 9.89. The molecule has 2 unspecified atom stereocenters. The van der Waals surface area contributed by atoms with E-state index in [1.54, 1.807) is 30.3 Å². The van der Waals surface area contributed by atoms with Gasteiger partial charge in [0.2, 0.25) is 0 Å². The molecule has 0 aliphatic heterocycles. The van der Waals surface area contributed by atoms with E-state index in [0.717, 1.165) is 18.4 Å². The second-order valence-electron chi connectivity index (χ2n) is 7.71. The Balaban J connectivity index is 1.48. The molecule has 2 aromatic carbocycles. The maximum Gasteiger partial charge on any atom is 0.331 e. The molecule has 2 atom stereocenters. The fraction of sp³-hybridized carbons (Fsp3) is 0.375. The summed E-state index contributed by atoms with van der Waals surface area (Å²) in [6.07, 6.45) is 4.54. The molecular formula is C24H28N2O5. The number of hydrogen-bond acceptors (Lipinski definition) is 5. The maximum atomic E-state index is 12.2. The Bertz CT molecular complexity index is 929. The first kappa shape index (κ1) is 22.5. The number of fused-ring (bicyclic) bond motifs is 1. The van der Waals surface area contributed by atoms with Gasteiger partial charge in [-0.25, -0.2) is 4.79 Å². The van der Waals surface area contributed by atoms with Crippen LogP contribution in [-0.4, -0.2) is 42.1 Å². The molecule has 0 bridgehead atoms. The summed E-state index contributed by atoms with van der Waals surface area (Å²) in [5.74, 6) is -1.84. The molecule has 0 heterocycles. The second kappa shape index (κ2) is 10.7. The van der Waals surface area contributed by atoms with Gasteiger partial charge in [-0.3, -0.25) is 9.59 Å². The molecular weight excluding hydrogens is 396 g/mol. The number of rotatable bonds is 8. The average molecular weight is 424 g/mol. The molecule has 31 heavy (non-hydrogen) atoms. The second-order valence-corrected chi connectivity index (χ2v) is 7.71. The number of aliphatic hydroxyl groups is 1. The van der Waals surface area contributed by atoms with Gasteiger partial charge in [-0.15, -0.1) is 0 Å². The normalized spacial score (nSPS) is 14.6. The number of nitrogens with one attached hydrogen (secondary N) is 2. The van der Waals surface area contributed by atoms with Gasteiger partial charge in [0.05, 0.1) is 12.6 Å². The number of aryl methyl sites for hydroxylation is 2. The van der Waals surface area contributed by atoms with Crippen molar-refractivity contribution in [2.45, 2.75) is 44.7 Å². The van der Waals surface area contributed by atoms with E-state index in [-0.39, 0.29) is 6.04 Å². The molecule has 1 aliphatic carbocycles. The largest absolute Gasteiger partial charge is 0.454 e. The average Bonchev–Trinajstić information content (AvgIpc) is 2.81. The van der Waals surface area contributed by atoms with E-state index < -0.39 is 37.0 Å². The molecule has 0 spiro atoms. The van der Waals surface area contributed by atoms with Crippen molar-refractivity contribution in [1.29, 1.82) is 0 Å². The number of carbonyl (C=O) groups is 3. The van der Waals surface area contributed by atoms with Crippen molar-refractivity contribution in [3.8, 4) is 0 Å². The van der Waals surface area contributed by atoms with Gasteiger partial charge in [0.15, 0.2) is 12.6 Å². The van der Waals surface area contributed by atoms with Crippen molar-refractivity contribution < 1.29 is 24.2 Å². The Hall–Kier alpha value is -3.19. The summed E-state index contributed by atoms with van der Waals surface area (Å²) in [4.78, 5) is 36.6. The third-order valence-corrected chi connectivity index (χ3v) is 5.40. The predicted octanol–water partition coefficient (Wildman–Crippen LogP) is 2.08. The zero-order chi connectivity index (χ0) is 22.2. The van der Waals surface area contributed by atoms with E-state index >= 15 is 0 Å². The molecule has 0 saturated carbocycles. The minimum Gasteiger partial charge on any atom is -0.454 e. The molecule has 2 aromatic rings. The fourth-order valence-corrected chi connectivity index (χ4v) is 3.64. The van der Waals surface area contributed by atoms with E-state index in [2.05, 4.69) is 22.8 Å². The topological polar surface area (TPSA) is 105 Å². The summed E-state index contributed by atoms with van der Waals surface area (Å²) >= 11 is 0. The minimum atomic E-state index is -1.25. The van der Waals surface area contributed by atoms with E-state index in [1.165, 1.54) is 24.0 Å². The summed E-state index contributed by atoms with van der Waals surface area (Å²) in [6, 6.07) is 13.1. The predicted molar refractivity (Wildman–Crippen MR) is 115 cm³/mol. The zero-order valence-corrected chi connectivity index (χ0v) is 17.6. The molecule has 0 radical (unpaired) electrons. The monoisotopic (exact) mass is 424 g/mol. The third-order valence-electron chi connectivity index (χ3n) is 5.40. The van der Waals surface area contributed by atoms with Crippen LogP contribution < -0.4 is 10.6 Å². The number of carbonyl (C=O) groups excluding carboxylic acids is 3. The van der Waals surface area contributed by atoms with E-state index in [0.29, 0.717) is 5.56 Å². The lowest BCUT2D eigenvalue weighted by Gasteiger charge is -2.20. The van der Waals surface area contributed by atoms with Gasteiger partial charge in [-0.1, -0.05) is 36.4 Å². The minimum absolute atomic E-state index is 0.232. The van der Waals surface area contributed by atoms with Crippen molar-refractivity contribution in [2.75, 3.05) is 13.2 Å². The summed E-state index contributed by atoms with van der Waals surface area (Å²) in [5.41, 5.74) is 4.06. The quantitative estimate of drug-likeness (QED) is 0.563. The first-order valence-corrected chi connectivity index (χ1v) is 10.5. The summed E-state index contributed by atoms with van der Waals surface area (Å²) in [7, 11) is 0. The van der Waals surface area contributed by atoms with Crippen LogP contribution in [0, 0.1) is 0 Å². The highest BCUT2D eigenvalue weighted by atomic mass is 16.5. The summed E-state index contributed by atoms with van der Waals surface area (Å²) in [6.45, 7) is 0.747. The van der Waals surface area contributed by atoms with Crippen LogP contribution in [0.2, 0.25) is 0 Å². The van der Waals surface area contributed by atoms with Crippen molar-refractivity contribution in [3.63, 3.8) is 0 Å². The number of aliphatic hydroxyl groups excluding tert-OH is 1. The van der Waals surface area contributed by atoms with Crippen LogP contribution in [-0.2, 0) is 27.2 Å². The maximum absolute atomic E-state index is 12.2. The van der Waals surface area contributed by atoms with E-state index in [1.807, 2.05) is 13.0 Å². The van der Waals surface area contributed by atoms with Crippen LogP contribution in [0.25, 0.3) is 0 Å². The molecule has 7 heteroatoms. The Kier molecular flexibility index (Phi) is 7.78. The number of hydrogen-bond donors (Lipinski definition) is 3. The SMILES string of the molecule is CC(NC(=O)COC(=O)C(CO)NC(=O)c1ccccc1)c1ccc2c(c1)CCCC2. The van der Waals surface area contributed by atoms with Crippen molar-refractivity contribution >= 4 is 17.8 Å². The highest BCUT2D eigenvalue weighted by Gasteiger charge is 2.23. The van der Waals surface area contributed by atoms with Crippen molar-refractivity contribution in [3.05, 3.63) is 70.8 Å². The highest BCUT2D eigenvalue weighted by molar-refractivity contribution is 5.97. The first-order valence-electron chi connectivity index (χ1n) is 10.5. The Morgan fingerprint density at radius 2 is 1.71 bits per heavy atom. The molecule has 2 amide bonds. The lowest BCUT2D eigenvalue weighted by Crippen LogP contribution is -2.45. The van der Waals surface area contributed by atoms with Crippen LogP contribution in [0.5, 0.6) is 0 Å². The van der Waals surface area contributed by atoms with E-state index in [9.17, 15) is 19.5 Å². The molecule has 3 rings (SSSR count). The number of ether oxygens (including phenoxy) is 1. The number of amides is 2. The van der Waals surface area contributed by atoms with Gasteiger partial charge >= 0.3 is 5.97 Å². The number of esters is 1. The molecule has 1 aliphatic rings. The lowest BCUT2D eigenvalue weighted by molar-refractivity contribution is -0.151. The molecule has 3 N–H and O–H groups in total. The Morgan fingerprint density at radius 1 is 1.00 bits per heavy atom. The van der Waals surface area contributed by atoms with Crippen LogP contribution in [0.1, 0.15) is 52.9 Å². The van der Waals surface area contributed by atoms with Gasteiger partial charge in [0.25, 0.3) is 11.8 Å². The van der Waals surface area contributed by atoms with Crippen LogP contribution in [0.3, 0.4) is 0 Å².